The molecule has 5 atom stereocenters. The van der Waals surface area contributed by atoms with E-state index >= 15 is 0 Å². The Balaban J connectivity index is 3.64. The minimum Gasteiger partial charge on any atom is -0.394 e. The zero-order valence-corrected chi connectivity index (χ0v) is 38.1. The van der Waals surface area contributed by atoms with E-state index in [1.165, 1.54) is 205 Å². The zero-order chi connectivity index (χ0) is 41.2. The number of nitrogens with one attached hydrogen (secondary N) is 1. The summed E-state index contributed by atoms with van der Waals surface area (Å²) in [6.45, 7) is 6.47. The number of hydrogen-bond acceptors (Lipinski definition) is 5. The topological polar surface area (TPSA) is 110 Å². The molecule has 0 aliphatic heterocycles. The summed E-state index contributed by atoms with van der Waals surface area (Å²) in [7, 11) is 0. The Morgan fingerprint density at radius 1 is 0.429 bits per heavy atom. The number of rotatable bonds is 46. The van der Waals surface area contributed by atoms with E-state index in [2.05, 4.69) is 26.1 Å². The Morgan fingerprint density at radius 2 is 0.714 bits per heavy atom. The fraction of sp³-hybridized carbons (Fsp3) is 0.980. The molecular weight excluding hydrogens is 695 g/mol. The van der Waals surface area contributed by atoms with Gasteiger partial charge in [0.05, 0.1) is 18.8 Å². The summed E-state index contributed by atoms with van der Waals surface area (Å²) < 4.78 is 0. The molecule has 0 radical (unpaired) electrons. The van der Waals surface area contributed by atoms with Crippen LogP contribution in [0.25, 0.3) is 0 Å². The molecule has 6 heteroatoms. The van der Waals surface area contributed by atoms with Crippen molar-refractivity contribution >= 4 is 5.91 Å². The van der Waals surface area contributed by atoms with Crippen molar-refractivity contribution in [2.75, 3.05) is 6.61 Å². The summed E-state index contributed by atoms with van der Waals surface area (Å²) in [4.78, 5) is 12.6. The number of carbonyl (C=O) groups excluding carboxylic acids is 1. The molecule has 0 aromatic rings. The van der Waals surface area contributed by atoms with E-state index in [1.807, 2.05) is 0 Å². The van der Waals surface area contributed by atoms with Gasteiger partial charge in [-0.25, -0.2) is 0 Å². The van der Waals surface area contributed by atoms with Crippen molar-refractivity contribution in [3.63, 3.8) is 0 Å². The van der Waals surface area contributed by atoms with E-state index in [9.17, 15) is 25.2 Å². The molecule has 0 aliphatic carbocycles. The Morgan fingerprint density at radius 3 is 1.02 bits per heavy atom. The molecule has 0 saturated carbocycles. The average molecular weight is 796 g/mol. The van der Waals surface area contributed by atoms with Crippen molar-refractivity contribution in [1.29, 1.82) is 0 Å². The van der Waals surface area contributed by atoms with Crippen LogP contribution in [0.5, 0.6) is 0 Å². The molecule has 0 rings (SSSR count). The maximum atomic E-state index is 12.6. The van der Waals surface area contributed by atoms with Gasteiger partial charge in [-0.1, -0.05) is 265 Å². The van der Waals surface area contributed by atoms with Crippen molar-refractivity contribution in [2.45, 2.75) is 302 Å². The molecule has 5 N–H and O–H groups in total. The second kappa shape index (κ2) is 43.9. The lowest BCUT2D eigenvalue weighted by Gasteiger charge is -2.27. The monoisotopic (exact) mass is 796 g/mol. The number of carbonyl (C=O) groups is 1. The Hall–Kier alpha value is -0.690. The highest BCUT2D eigenvalue weighted by Gasteiger charge is 2.28. The third kappa shape index (κ3) is 37.6. The van der Waals surface area contributed by atoms with Crippen molar-refractivity contribution in [2.24, 2.45) is 5.92 Å². The quantitative estimate of drug-likeness (QED) is 0.0394. The van der Waals surface area contributed by atoms with Gasteiger partial charge >= 0.3 is 0 Å². The van der Waals surface area contributed by atoms with E-state index in [-0.39, 0.29) is 0 Å². The molecule has 5 unspecified atom stereocenters. The van der Waals surface area contributed by atoms with Gasteiger partial charge < -0.3 is 25.7 Å². The second-order valence-electron chi connectivity index (χ2n) is 18.1. The lowest BCUT2D eigenvalue weighted by Crippen LogP contribution is -2.53. The van der Waals surface area contributed by atoms with Crippen molar-refractivity contribution < 1.29 is 25.2 Å². The van der Waals surface area contributed by atoms with Gasteiger partial charge in [-0.15, -0.1) is 0 Å². The van der Waals surface area contributed by atoms with Crippen LogP contribution < -0.4 is 5.32 Å². The van der Waals surface area contributed by atoms with E-state index in [0.717, 1.165) is 44.4 Å². The number of unbranched alkanes of at least 4 members (excludes halogenated alkanes) is 34. The highest BCUT2D eigenvalue weighted by molar-refractivity contribution is 5.80. The van der Waals surface area contributed by atoms with E-state index < -0.39 is 36.9 Å². The summed E-state index contributed by atoms with van der Waals surface area (Å²) in [5.41, 5.74) is 0. The Kier molecular flexibility index (Phi) is 43.3. The van der Waals surface area contributed by atoms with Crippen molar-refractivity contribution in [1.82, 2.24) is 5.32 Å². The van der Waals surface area contributed by atoms with Gasteiger partial charge in [-0.3, -0.25) is 4.79 Å². The first-order chi connectivity index (χ1) is 27.4. The molecule has 0 saturated heterocycles. The first kappa shape index (κ1) is 55.3. The SMILES string of the molecule is CCCCCCCCCCCCCCCCCCCCCCCCC(O)C(=O)NC(CO)C(O)C(O)CCCCCCCCCCCCCCCCC(C)CC. The van der Waals surface area contributed by atoms with E-state index in [4.69, 9.17) is 0 Å². The summed E-state index contributed by atoms with van der Waals surface area (Å²) in [5, 5.41) is 43.9. The van der Waals surface area contributed by atoms with Gasteiger partial charge in [0.15, 0.2) is 0 Å². The summed E-state index contributed by atoms with van der Waals surface area (Å²) in [6.07, 6.45) is 47.1. The molecule has 336 valence electrons. The van der Waals surface area contributed by atoms with E-state index in [1.54, 1.807) is 0 Å². The third-order valence-corrected chi connectivity index (χ3v) is 12.6. The number of amides is 1. The number of aliphatic hydroxyl groups excluding tert-OH is 4. The molecule has 56 heavy (non-hydrogen) atoms. The van der Waals surface area contributed by atoms with Crippen LogP contribution in [-0.4, -0.2) is 57.3 Å². The largest absolute Gasteiger partial charge is 0.394 e. The van der Waals surface area contributed by atoms with Gasteiger partial charge in [0, 0.05) is 0 Å². The molecule has 0 aromatic heterocycles. The molecule has 0 heterocycles. The summed E-state index contributed by atoms with van der Waals surface area (Å²) >= 11 is 0. The number of aliphatic hydroxyl groups is 4. The maximum absolute atomic E-state index is 12.6. The van der Waals surface area contributed by atoms with E-state index in [0.29, 0.717) is 12.8 Å². The van der Waals surface area contributed by atoms with Crippen molar-refractivity contribution in [3.8, 4) is 0 Å². The smallest absolute Gasteiger partial charge is 0.249 e. The van der Waals surface area contributed by atoms with Crippen LogP contribution in [0.1, 0.15) is 278 Å². The van der Waals surface area contributed by atoms with Gasteiger partial charge in [0.1, 0.15) is 12.2 Å². The summed E-state index contributed by atoms with van der Waals surface area (Å²) in [5.74, 6) is 0.315. The number of hydrogen-bond donors (Lipinski definition) is 5. The predicted molar refractivity (Wildman–Crippen MR) is 242 cm³/mol. The normalized spacial score (nSPS) is 14.5. The van der Waals surface area contributed by atoms with Gasteiger partial charge in [0.2, 0.25) is 5.91 Å². The standard InChI is InChI=1S/C50H101NO5/c1-4-6-7-8-9-10-11-12-13-14-15-16-17-18-19-20-25-28-31-34-37-40-43-48(54)50(56)51-46(44-52)49(55)47(53)42-39-36-33-30-27-24-22-21-23-26-29-32-35-38-41-45(3)5-2/h45-49,52-55H,4-44H2,1-3H3,(H,51,56). The fourth-order valence-corrected chi connectivity index (χ4v) is 8.21. The minimum absolute atomic E-state index is 0.375. The molecule has 0 fully saturated rings. The first-order valence-corrected chi connectivity index (χ1v) is 25.3. The lowest BCUT2D eigenvalue weighted by atomic mass is 9.98. The fourth-order valence-electron chi connectivity index (χ4n) is 8.21. The van der Waals surface area contributed by atoms with Gasteiger partial charge in [-0.05, 0) is 18.8 Å². The molecule has 0 spiro atoms. The molecular formula is C50H101NO5. The van der Waals surface area contributed by atoms with Gasteiger partial charge in [0.25, 0.3) is 0 Å². The molecule has 6 nitrogen and oxygen atoms in total. The Bertz CT molecular complexity index is 781. The average Bonchev–Trinajstić information content (AvgIpc) is 3.20. The molecule has 0 aromatic carbocycles. The second-order valence-corrected chi connectivity index (χ2v) is 18.1. The molecule has 0 aliphatic rings. The summed E-state index contributed by atoms with van der Waals surface area (Å²) in [6, 6.07) is -0.980. The maximum Gasteiger partial charge on any atom is 0.249 e. The molecule has 0 bridgehead atoms. The highest BCUT2D eigenvalue weighted by Crippen LogP contribution is 2.19. The molecule has 1 amide bonds. The zero-order valence-electron chi connectivity index (χ0n) is 38.1. The van der Waals surface area contributed by atoms with Crippen LogP contribution in [0, 0.1) is 5.92 Å². The first-order valence-electron chi connectivity index (χ1n) is 25.3. The lowest BCUT2D eigenvalue weighted by molar-refractivity contribution is -0.132. The van der Waals surface area contributed by atoms with Crippen LogP contribution in [0.4, 0.5) is 0 Å². The van der Waals surface area contributed by atoms with Gasteiger partial charge in [-0.2, -0.15) is 0 Å². The Labute approximate surface area is 350 Å². The van der Waals surface area contributed by atoms with Crippen LogP contribution in [0.2, 0.25) is 0 Å². The third-order valence-electron chi connectivity index (χ3n) is 12.6. The predicted octanol–water partition coefficient (Wildman–Crippen LogP) is 13.8. The van der Waals surface area contributed by atoms with Crippen LogP contribution in [0.15, 0.2) is 0 Å². The minimum atomic E-state index is -1.25. The highest BCUT2D eigenvalue weighted by atomic mass is 16.3. The van der Waals surface area contributed by atoms with Crippen molar-refractivity contribution in [3.05, 3.63) is 0 Å². The van der Waals surface area contributed by atoms with Crippen LogP contribution in [-0.2, 0) is 4.79 Å². The van der Waals surface area contributed by atoms with Crippen LogP contribution >= 0.6 is 0 Å². The van der Waals surface area contributed by atoms with Crippen LogP contribution in [0.3, 0.4) is 0 Å².